The van der Waals surface area contributed by atoms with Crippen molar-refractivity contribution in [2.24, 2.45) is 0 Å². The molecule has 0 radical (unpaired) electrons. The van der Waals surface area contributed by atoms with Crippen molar-refractivity contribution in [1.82, 2.24) is 14.8 Å². The number of carbonyl (C=O) groups excluding carboxylic acids is 2. The Hall–Kier alpha value is -3.68. The number of nitrogens with one attached hydrogen (secondary N) is 1. The predicted octanol–water partition coefficient (Wildman–Crippen LogP) is 5.20. The van der Waals surface area contributed by atoms with Gasteiger partial charge in [0.15, 0.2) is 11.5 Å². The van der Waals surface area contributed by atoms with Crippen molar-refractivity contribution in [3.05, 3.63) is 59.8 Å². The molecule has 0 atom stereocenters. The molecule has 1 saturated heterocycles. The summed E-state index contributed by atoms with van der Waals surface area (Å²) in [7, 11) is 3.24. The minimum absolute atomic E-state index is 0.0477. The minimum atomic E-state index is -0.533. The molecule has 0 unspecified atom stereocenters. The molecular formula is C30H39N3O5. The zero-order chi connectivity index (χ0) is 27.3. The summed E-state index contributed by atoms with van der Waals surface area (Å²) < 4.78 is 16.4. The molecule has 4 rings (SSSR count). The Morgan fingerprint density at radius 1 is 1.03 bits per heavy atom. The number of aromatic amines is 1. The summed E-state index contributed by atoms with van der Waals surface area (Å²) in [6, 6.07) is 14.0. The van der Waals surface area contributed by atoms with Crippen LogP contribution >= 0.6 is 0 Å². The lowest BCUT2D eigenvalue weighted by Gasteiger charge is -2.39. The molecule has 38 heavy (non-hydrogen) atoms. The molecule has 1 aliphatic rings. The summed E-state index contributed by atoms with van der Waals surface area (Å²) in [5, 5.41) is 1.07. The average Bonchev–Trinajstić information content (AvgIpc) is 3.30. The molecule has 8 heteroatoms. The maximum absolute atomic E-state index is 13.8. The molecule has 0 spiro atoms. The van der Waals surface area contributed by atoms with E-state index >= 15 is 0 Å². The van der Waals surface area contributed by atoms with E-state index in [4.69, 9.17) is 14.2 Å². The maximum Gasteiger partial charge on any atom is 0.410 e. The number of aromatic nitrogens is 1. The molecule has 0 bridgehead atoms. The fraction of sp³-hybridized carbons (Fsp3) is 0.467. The number of hydrogen-bond acceptors (Lipinski definition) is 5. The topological polar surface area (TPSA) is 84.1 Å². The van der Waals surface area contributed by atoms with Crippen LogP contribution in [0.5, 0.6) is 11.5 Å². The van der Waals surface area contributed by atoms with Gasteiger partial charge >= 0.3 is 6.09 Å². The normalized spacial score (nSPS) is 14.4. The van der Waals surface area contributed by atoms with Gasteiger partial charge in [-0.25, -0.2) is 4.79 Å². The second-order valence-corrected chi connectivity index (χ2v) is 10.8. The lowest BCUT2D eigenvalue weighted by atomic mass is 10.0. The van der Waals surface area contributed by atoms with Crippen LogP contribution in [-0.4, -0.2) is 72.3 Å². The number of piperidine rings is 1. The number of para-hydroxylation sites is 1. The van der Waals surface area contributed by atoms with E-state index in [1.165, 1.54) is 0 Å². The van der Waals surface area contributed by atoms with Crippen LogP contribution in [0.15, 0.2) is 48.7 Å². The van der Waals surface area contributed by atoms with Gasteiger partial charge < -0.3 is 29.0 Å². The number of carbonyl (C=O) groups is 2. The van der Waals surface area contributed by atoms with Crippen LogP contribution in [0.2, 0.25) is 0 Å². The van der Waals surface area contributed by atoms with Crippen molar-refractivity contribution in [2.75, 3.05) is 33.9 Å². The molecule has 2 aromatic carbocycles. The van der Waals surface area contributed by atoms with Crippen LogP contribution in [-0.2, 0) is 22.4 Å². The number of H-pyrrole nitrogens is 1. The van der Waals surface area contributed by atoms with Crippen molar-refractivity contribution < 1.29 is 23.8 Å². The first kappa shape index (κ1) is 27.4. The van der Waals surface area contributed by atoms with Gasteiger partial charge in [0, 0.05) is 42.8 Å². The third-order valence-corrected chi connectivity index (χ3v) is 6.98. The van der Waals surface area contributed by atoms with Gasteiger partial charge in [-0.1, -0.05) is 24.3 Å². The number of fused-ring (bicyclic) bond motifs is 1. The minimum Gasteiger partial charge on any atom is -0.493 e. The highest BCUT2D eigenvalue weighted by Crippen LogP contribution is 2.28. The van der Waals surface area contributed by atoms with Crippen LogP contribution in [0.4, 0.5) is 4.79 Å². The van der Waals surface area contributed by atoms with Gasteiger partial charge in [0.1, 0.15) is 5.60 Å². The lowest BCUT2D eigenvalue weighted by molar-refractivity contribution is -0.133. The standard InChI is InChI=1S/C30H39N3O5/c1-30(2,3)38-29(35)32-15-13-23(14-16-32)33(17-12-21-10-11-26(36-4)27(18-21)37-5)28(34)19-22-20-31-25-9-7-6-8-24(22)25/h6-11,18,20,23,31H,12-17,19H2,1-5H3. The molecule has 1 N–H and O–H groups in total. The highest BCUT2D eigenvalue weighted by molar-refractivity contribution is 5.89. The Labute approximate surface area is 224 Å². The van der Waals surface area contributed by atoms with Gasteiger partial charge in [-0.2, -0.15) is 0 Å². The molecule has 2 amide bonds. The van der Waals surface area contributed by atoms with Crippen LogP contribution in [0.3, 0.4) is 0 Å². The number of benzene rings is 2. The van der Waals surface area contributed by atoms with E-state index < -0.39 is 5.60 Å². The summed E-state index contributed by atoms with van der Waals surface area (Å²) in [6.07, 6.45) is 4.07. The summed E-state index contributed by atoms with van der Waals surface area (Å²) in [6.45, 7) is 7.32. The largest absolute Gasteiger partial charge is 0.493 e. The van der Waals surface area contributed by atoms with Crippen LogP contribution in [0.25, 0.3) is 10.9 Å². The Morgan fingerprint density at radius 2 is 1.74 bits per heavy atom. The van der Waals surface area contributed by atoms with Crippen molar-refractivity contribution in [3.63, 3.8) is 0 Å². The van der Waals surface area contributed by atoms with Gasteiger partial charge in [-0.3, -0.25) is 4.79 Å². The molecule has 204 valence electrons. The number of hydrogen-bond donors (Lipinski definition) is 1. The number of likely N-dealkylation sites (tertiary alicyclic amines) is 1. The molecule has 1 aromatic heterocycles. The SMILES string of the molecule is COc1ccc(CCN(C(=O)Cc2c[nH]c3ccccc23)C2CCN(C(=O)OC(C)(C)C)CC2)cc1OC. The number of rotatable bonds is 8. The van der Waals surface area contributed by atoms with E-state index in [1.807, 2.05) is 74.3 Å². The lowest BCUT2D eigenvalue weighted by Crippen LogP contribution is -2.50. The van der Waals surface area contributed by atoms with Gasteiger partial charge in [0.2, 0.25) is 5.91 Å². The molecule has 0 aliphatic carbocycles. The Bertz CT molecular complexity index is 1250. The first-order valence-corrected chi connectivity index (χ1v) is 13.2. The Balaban J connectivity index is 1.49. The molecule has 8 nitrogen and oxygen atoms in total. The van der Waals surface area contributed by atoms with Gasteiger partial charge in [-0.05, 0) is 69.4 Å². The fourth-order valence-electron chi connectivity index (χ4n) is 5.03. The van der Waals surface area contributed by atoms with E-state index in [1.54, 1.807) is 19.1 Å². The van der Waals surface area contributed by atoms with Crippen LogP contribution in [0, 0.1) is 0 Å². The molecule has 3 aromatic rings. The van der Waals surface area contributed by atoms with Crippen molar-refractivity contribution in [2.45, 2.75) is 58.1 Å². The van der Waals surface area contributed by atoms with E-state index in [9.17, 15) is 9.59 Å². The fourth-order valence-corrected chi connectivity index (χ4v) is 5.03. The Morgan fingerprint density at radius 3 is 2.42 bits per heavy atom. The summed E-state index contributed by atoms with van der Waals surface area (Å²) >= 11 is 0. The molecule has 2 heterocycles. The van der Waals surface area contributed by atoms with Gasteiger partial charge in [0.25, 0.3) is 0 Å². The molecule has 0 saturated carbocycles. The van der Waals surface area contributed by atoms with Crippen molar-refractivity contribution >= 4 is 22.9 Å². The van der Waals surface area contributed by atoms with Crippen molar-refractivity contribution in [1.29, 1.82) is 0 Å². The average molecular weight is 522 g/mol. The van der Waals surface area contributed by atoms with Gasteiger partial charge in [-0.15, -0.1) is 0 Å². The van der Waals surface area contributed by atoms with Crippen molar-refractivity contribution in [3.8, 4) is 11.5 Å². The monoisotopic (exact) mass is 521 g/mol. The molecule has 1 aliphatic heterocycles. The molecule has 1 fully saturated rings. The van der Waals surface area contributed by atoms with Crippen LogP contribution < -0.4 is 9.47 Å². The maximum atomic E-state index is 13.8. The zero-order valence-corrected chi connectivity index (χ0v) is 23.1. The van der Waals surface area contributed by atoms with Gasteiger partial charge in [0.05, 0.1) is 20.6 Å². The second kappa shape index (κ2) is 11.8. The van der Waals surface area contributed by atoms with Crippen LogP contribution in [0.1, 0.15) is 44.7 Å². The highest BCUT2D eigenvalue weighted by Gasteiger charge is 2.31. The summed E-state index contributed by atoms with van der Waals surface area (Å²) in [4.78, 5) is 33.4. The highest BCUT2D eigenvalue weighted by atomic mass is 16.6. The molecular weight excluding hydrogens is 482 g/mol. The third-order valence-electron chi connectivity index (χ3n) is 6.98. The summed E-state index contributed by atoms with van der Waals surface area (Å²) in [5.41, 5.74) is 2.55. The third kappa shape index (κ3) is 6.60. The van der Waals surface area contributed by atoms with E-state index in [2.05, 4.69) is 4.98 Å². The zero-order valence-electron chi connectivity index (χ0n) is 23.1. The first-order valence-electron chi connectivity index (χ1n) is 13.2. The van der Waals surface area contributed by atoms with E-state index in [0.717, 1.165) is 22.0 Å². The number of amides is 2. The first-order chi connectivity index (χ1) is 18.2. The van der Waals surface area contributed by atoms with E-state index in [0.29, 0.717) is 56.8 Å². The summed E-state index contributed by atoms with van der Waals surface area (Å²) in [5.74, 6) is 1.44. The smallest absolute Gasteiger partial charge is 0.410 e. The quantitative estimate of drug-likeness (QED) is 0.441. The number of methoxy groups -OCH3 is 2. The second-order valence-electron chi connectivity index (χ2n) is 10.8. The Kier molecular flexibility index (Phi) is 8.49. The number of nitrogens with zero attached hydrogens (tertiary/aromatic N) is 2. The predicted molar refractivity (Wildman–Crippen MR) is 148 cm³/mol. The van der Waals surface area contributed by atoms with E-state index in [-0.39, 0.29) is 18.0 Å². The number of ether oxygens (including phenoxy) is 3.